The lowest BCUT2D eigenvalue weighted by Gasteiger charge is -2.30. The molecule has 1 aliphatic heterocycles. The van der Waals surface area contributed by atoms with Gasteiger partial charge < -0.3 is 5.32 Å². The van der Waals surface area contributed by atoms with Crippen LogP contribution in [0, 0.1) is 11.3 Å². The van der Waals surface area contributed by atoms with Gasteiger partial charge in [0.15, 0.2) is 0 Å². The van der Waals surface area contributed by atoms with Crippen LogP contribution in [0.25, 0.3) is 0 Å². The van der Waals surface area contributed by atoms with Crippen molar-refractivity contribution >= 4 is 38.9 Å². The first-order valence-corrected chi connectivity index (χ1v) is 6.85. The highest BCUT2D eigenvalue weighted by Gasteiger charge is 2.26. The fraction of sp³-hybridized carbons (Fsp3) is 0.0667. The molecule has 0 saturated carbocycles. The SMILES string of the molecule is N#Cc1ccccc1N1C(=O)CNc2cc(Br)ccc21. The molecule has 0 aliphatic carbocycles. The Morgan fingerprint density at radius 3 is 2.80 bits per heavy atom. The molecule has 3 rings (SSSR count). The highest BCUT2D eigenvalue weighted by atomic mass is 79.9. The summed E-state index contributed by atoms with van der Waals surface area (Å²) in [6, 6.07) is 14.9. The Kier molecular flexibility index (Phi) is 3.17. The molecular formula is C15H10BrN3O. The minimum atomic E-state index is -0.0810. The van der Waals surface area contributed by atoms with Crippen LogP contribution in [-0.2, 0) is 4.79 Å². The summed E-state index contributed by atoms with van der Waals surface area (Å²) < 4.78 is 0.937. The Balaban J connectivity index is 2.19. The molecule has 0 unspecified atom stereocenters. The van der Waals surface area contributed by atoms with Crippen molar-refractivity contribution in [2.75, 3.05) is 16.8 Å². The van der Waals surface area contributed by atoms with Crippen LogP contribution in [0.3, 0.4) is 0 Å². The molecule has 5 heteroatoms. The zero-order chi connectivity index (χ0) is 14.1. The number of para-hydroxylation sites is 1. The summed E-state index contributed by atoms with van der Waals surface area (Å²) >= 11 is 3.41. The van der Waals surface area contributed by atoms with Crippen LogP contribution < -0.4 is 10.2 Å². The quantitative estimate of drug-likeness (QED) is 0.873. The van der Waals surface area contributed by atoms with Crippen LogP contribution in [0.2, 0.25) is 0 Å². The number of fused-ring (bicyclic) bond motifs is 1. The maximum Gasteiger partial charge on any atom is 0.250 e. The van der Waals surface area contributed by atoms with Gasteiger partial charge in [-0.1, -0.05) is 28.1 Å². The predicted molar refractivity (Wildman–Crippen MR) is 80.9 cm³/mol. The second-order valence-electron chi connectivity index (χ2n) is 4.37. The minimum Gasteiger partial charge on any atom is -0.374 e. The third-order valence-corrected chi connectivity index (χ3v) is 3.64. The van der Waals surface area contributed by atoms with Gasteiger partial charge in [0.1, 0.15) is 6.07 Å². The van der Waals surface area contributed by atoms with E-state index in [-0.39, 0.29) is 12.5 Å². The minimum absolute atomic E-state index is 0.0810. The number of halogens is 1. The monoisotopic (exact) mass is 327 g/mol. The molecule has 20 heavy (non-hydrogen) atoms. The van der Waals surface area contributed by atoms with E-state index < -0.39 is 0 Å². The van der Waals surface area contributed by atoms with Crippen molar-refractivity contribution < 1.29 is 4.79 Å². The lowest BCUT2D eigenvalue weighted by molar-refractivity contribution is -0.116. The van der Waals surface area contributed by atoms with Crippen LogP contribution in [0.5, 0.6) is 0 Å². The summed E-state index contributed by atoms with van der Waals surface area (Å²) in [5.41, 5.74) is 2.72. The molecule has 0 bridgehead atoms. The number of nitrogens with zero attached hydrogens (tertiary/aromatic N) is 2. The molecule has 0 spiro atoms. The van der Waals surface area contributed by atoms with Gasteiger partial charge >= 0.3 is 0 Å². The van der Waals surface area contributed by atoms with Crippen molar-refractivity contribution in [3.8, 4) is 6.07 Å². The number of benzene rings is 2. The third-order valence-electron chi connectivity index (χ3n) is 3.14. The number of rotatable bonds is 1. The molecule has 2 aromatic rings. The summed E-state index contributed by atoms with van der Waals surface area (Å²) in [7, 11) is 0. The van der Waals surface area contributed by atoms with E-state index in [0.717, 1.165) is 15.8 Å². The van der Waals surface area contributed by atoms with Crippen molar-refractivity contribution in [2.45, 2.75) is 0 Å². The summed E-state index contributed by atoms with van der Waals surface area (Å²) in [6.07, 6.45) is 0. The standard InChI is InChI=1S/C15H10BrN3O/c16-11-5-6-14-12(7-11)18-9-15(20)19(14)13-4-2-1-3-10(13)8-17/h1-7,18H,9H2. The lowest BCUT2D eigenvalue weighted by Crippen LogP contribution is -2.36. The highest BCUT2D eigenvalue weighted by Crippen LogP contribution is 2.38. The highest BCUT2D eigenvalue weighted by molar-refractivity contribution is 9.10. The fourth-order valence-corrected chi connectivity index (χ4v) is 2.62. The molecule has 2 aromatic carbocycles. The number of nitriles is 1. The number of amides is 1. The maximum absolute atomic E-state index is 12.3. The first-order chi connectivity index (χ1) is 9.70. The fourth-order valence-electron chi connectivity index (χ4n) is 2.26. The first kappa shape index (κ1) is 12.7. The van der Waals surface area contributed by atoms with E-state index in [2.05, 4.69) is 27.3 Å². The molecule has 0 aromatic heterocycles. The molecule has 0 radical (unpaired) electrons. The predicted octanol–water partition coefficient (Wildman–Crippen LogP) is 3.41. The van der Waals surface area contributed by atoms with E-state index in [1.54, 1.807) is 23.1 Å². The van der Waals surface area contributed by atoms with Crippen LogP contribution in [0.1, 0.15) is 5.56 Å². The normalized spacial score (nSPS) is 13.4. The molecule has 0 atom stereocenters. The molecular weight excluding hydrogens is 318 g/mol. The molecule has 0 fully saturated rings. The zero-order valence-corrected chi connectivity index (χ0v) is 12.0. The smallest absolute Gasteiger partial charge is 0.250 e. The van der Waals surface area contributed by atoms with E-state index in [1.807, 2.05) is 24.3 Å². The van der Waals surface area contributed by atoms with Gasteiger partial charge in [-0.05, 0) is 30.3 Å². The number of carbonyl (C=O) groups excluding carboxylic acids is 1. The van der Waals surface area contributed by atoms with Crippen molar-refractivity contribution in [1.29, 1.82) is 5.26 Å². The van der Waals surface area contributed by atoms with Gasteiger partial charge in [-0.3, -0.25) is 9.69 Å². The Labute approximate surface area is 124 Å². The largest absolute Gasteiger partial charge is 0.374 e. The van der Waals surface area contributed by atoms with Gasteiger partial charge in [0, 0.05) is 4.47 Å². The van der Waals surface area contributed by atoms with Gasteiger partial charge in [0.05, 0.1) is 29.2 Å². The van der Waals surface area contributed by atoms with E-state index in [0.29, 0.717) is 11.3 Å². The summed E-state index contributed by atoms with van der Waals surface area (Å²) in [6.45, 7) is 0.212. The van der Waals surface area contributed by atoms with Crippen LogP contribution in [-0.4, -0.2) is 12.5 Å². The molecule has 98 valence electrons. The van der Waals surface area contributed by atoms with Gasteiger partial charge in [-0.2, -0.15) is 5.26 Å². The first-order valence-electron chi connectivity index (χ1n) is 6.06. The number of hydrogen-bond acceptors (Lipinski definition) is 3. The Hall–Kier alpha value is -2.32. The average Bonchev–Trinajstić information content (AvgIpc) is 2.47. The van der Waals surface area contributed by atoms with Gasteiger partial charge in [0.2, 0.25) is 0 Å². The van der Waals surface area contributed by atoms with Crippen molar-refractivity contribution in [3.05, 3.63) is 52.5 Å². The molecule has 1 N–H and O–H groups in total. The Morgan fingerprint density at radius 1 is 1.20 bits per heavy atom. The Morgan fingerprint density at radius 2 is 2.00 bits per heavy atom. The summed E-state index contributed by atoms with van der Waals surface area (Å²) in [5.74, 6) is -0.0810. The van der Waals surface area contributed by atoms with Gasteiger partial charge in [-0.25, -0.2) is 0 Å². The van der Waals surface area contributed by atoms with Crippen LogP contribution in [0.15, 0.2) is 46.9 Å². The second-order valence-corrected chi connectivity index (χ2v) is 5.29. The van der Waals surface area contributed by atoms with Crippen molar-refractivity contribution in [2.24, 2.45) is 0 Å². The van der Waals surface area contributed by atoms with E-state index in [4.69, 9.17) is 0 Å². The van der Waals surface area contributed by atoms with E-state index >= 15 is 0 Å². The van der Waals surface area contributed by atoms with Crippen LogP contribution in [0.4, 0.5) is 17.1 Å². The number of anilines is 3. The van der Waals surface area contributed by atoms with Crippen LogP contribution >= 0.6 is 15.9 Å². The molecule has 4 nitrogen and oxygen atoms in total. The summed E-state index contributed by atoms with van der Waals surface area (Å²) in [5, 5.41) is 12.3. The van der Waals surface area contributed by atoms with Gasteiger partial charge in [-0.15, -0.1) is 0 Å². The van der Waals surface area contributed by atoms with Crippen molar-refractivity contribution in [1.82, 2.24) is 0 Å². The Bertz CT molecular complexity index is 736. The maximum atomic E-state index is 12.3. The lowest BCUT2D eigenvalue weighted by atomic mass is 10.1. The zero-order valence-electron chi connectivity index (χ0n) is 10.4. The summed E-state index contributed by atoms with van der Waals surface area (Å²) in [4.78, 5) is 13.8. The second kappa shape index (κ2) is 4.99. The number of carbonyl (C=O) groups is 1. The van der Waals surface area contributed by atoms with E-state index in [1.165, 1.54) is 0 Å². The third kappa shape index (κ3) is 2.04. The number of hydrogen-bond donors (Lipinski definition) is 1. The van der Waals surface area contributed by atoms with Crippen molar-refractivity contribution in [3.63, 3.8) is 0 Å². The number of nitrogens with one attached hydrogen (secondary N) is 1. The van der Waals surface area contributed by atoms with Gasteiger partial charge in [0.25, 0.3) is 5.91 Å². The molecule has 1 aliphatic rings. The van der Waals surface area contributed by atoms with E-state index in [9.17, 15) is 10.1 Å². The molecule has 1 amide bonds. The topological polar surface area (TPSA) is 56.1 Å². The average molecular weight is 328 g/mol. The molecule has 1 heterocycles. The molecule has 0 saturated heterocycles.